The van der Waals surface area contributed by atoms with E-state index < -0.39 is 0 Å². The minimum Gasteiger partial charge on any atom is -0.495 e. The molecule has 3 aromatic rings. The Morgan fingerprint density at radius 2 is 1.85 bits per heavy atom. The second kappa shape index (κ2) is 7.44. The molecule has 140 valence electrons. The van der Waals surface area contributed by atoms with Crippen LogP contribution in [0.4, 0.5) is 5.82 Å². The molecule has 27 heavy (non-hydrogen) atoms. The van der Waals surface area contributed by atoms with Crippen molar-refractivity contribution in [3.8, 4) is 16.9 Å². The third-order valence-corrected chi connectivity index (χ3v) is 5.45. The average molecular weight is 428 g/mol. The van der Waals surface area contributed by atoms with Crippen LogP contribution in [0.5, 0.6) is 5.75 Å². The number of hydrogen-bond acceptors (Lipinski definition) is 5. The van der Waals surface area contributed by atoms with Crippen LogP contribution < -0.4 is 9.64 Å². The summed E-state index contributed by atoms with van der Waals surface area (Å²) in [7, 11) is 1.69. The Morgan fingerprint density at radius 3 is 2.52 bits per heavy atom. The van der Waals surface area contributed by atoms with Crippen LogP contribution in [0, 0.1) is 0 Å². The van der Waals surface area contributed by atoms with E-state index in [1.165, 1.54) is 0 Å². The van der Waals surface area contributed by atoms with E-state index >= 15 is 0 Å². The highest BCUT2D eigenvalue weighted by Crippen LogP contribution is 2.37. The summed E-state index contributed by atoms with van der Waals surface area (Å²) < 4.78 is 12.5. The van der Waals surface area contributed by atoms with Gasteiger partial charge in [0.25, 0.3) is 0 Å². The number of nitrogens with zero attached hydrogens (tertiary/aromatic N) is 3. The van der Waals surface area contributed by atoms with Gasteiger partial charge in [0.2, 0.25) is 0 Å². The molecule has 0 amide bonds. The number of methoxy groups -OCH3 is 1. The van der Waals surface area contributed by atoms with E-state index in [0.29, 0.717) is 0 Å². The predicted molar refractivity (Wildman–Crippen MR) is 111 cm³/mol. The molecule has 1 aliphatic rings. The molecule has 0 aliphatic carbocycles. The molecule has 6 heteroatoms. The Hall–Kier alpha value is -2.18. The highest BCUT2D eigenvalue weighted by atomic mass is 79.9. The lowest BCUT2D eigenvalue weighted by Gasteiger charge is -2.36. The summed E-state index contributed by atoms with van der Waals surface area (Å²) >= 11 is 3.56. The summed E-state index contributed by atoms with van der Waals surface area (Å²) in [5.41, 5.74) is 2.81. The van der Waals surface area contributed by atoms with Gasteiger partial charge in [-0.2, -0.15) is 0 Å². The van der Waals surface area contributed by atoms with Gasteiger partial charge < -0.3 is 14.4 Å². The van der Waals surface area contributed by atoms with Gasteiger partial charge in [0.15, 0.2) is 0 Å². The smallest absolute Gasteiger partial charge is 0.137 e. The first-order valence-corrected chi connectivity index (χ1v) is 9.84. The minimum absolute atomic E-state index is 0.207. The normalized spacial score (nSPS) is 20.1. The molecule has 1 aliphatic heterocycles. The fourth-order valence-electron chi connectivity index (χ4n) is 3.69. The molecule has 1 fully saturated rings. The molecule has 3 heterocycles. The average Bonchev–Trinajstić information content (AvgIpc) is 2.67. The molecule has 2 aromatic heterocycles. The van der Waals surface area contributed by atoms with Gasteiger partial charge in [-0.15, -0.1) is 0 Å². The van der Waals surface area contributed by atoms with Gasteiger partial charge in [-0.05, 0) is 54.0 Å². The van der Waals surface area contributed by atoms with E-state index in [1.54, 1.807) is 7.11 Å². The molecule has 0 spiro atoms. The number of pyridine rings is 2. The van der Waals surface area contributed by atoms with Crippen LogP contribution in [0.3, 0.4) is 0 Å². The molecule has 0 N–H and O–H groups in total. The highest BCUT2D eigenvalue weighted by molar-refractivity contribution is 9.10. The van der Waals surface area contributed by atoms with Crippen LogP contribution in [0.1, 0.15) is 13.8 Å². The summed E-state index contributed by atoms with van der Waals surface area (Å²) in [5.74, 6) is 1.78. The Morgan fingerprint density at radius 1 is 1.07 bits per heavy atom. The molecule has 2 atom stereocenters. The molecule has 0 radical (unpaired) electrons. The highest BCUT2D eigenvalue weighted by Gasteiger charge is 2.23. The monoisotopic (exact) mass is 427 g/mol. The number of anilines is 1. The van der Waals surface area contributed by atoms with Crippen molar-refractivity contribution < 1.29 is 9.47 Å². The molecule has 1 saturated heterocycles. The number of fused-ring (bicyclic) bond motifs is 1. The topological polar surface area (TPSA) is 47.5 Å². The zero-order valence-corrected chi connectivity index (χ0v) is 17.2. The molecule has 0 saturated carbocycles. The van der Waals surface area contributed by atoms with Crippen LogP contribution in [0.15, 0.2) is 47.2 Å². The van der Waals surface area contributed by atoms with Crippen molar-refractivity contribution in [3.63, 3.8) is 0 Å². The Labute approximate surface area is 167 Å². The van der Waals surface area contributed by atoms with Crippen molar-refractivity contribution in [2.75, 3.05) is 25.1 Å². The van der Waals surface area contributed by atoms with E-state index in [0.717, 1.165) is 51.2 Å². The number of ether oxygens (including phenoxy) is 2. The largest absolute Gasteiger partial charge is 0.495 e. The number of rotatable bonds is 3. The van der Waals surface area contributed by atoms with Crippen LogP contribution in [0.25, 0.3) is 22.0 Å². The van der Waals surface area contributed by atoms with Gasteiger partial charge in [0.1, 0.15) is 11.6 Å². The maximum atomic E-state index is 5.81. The SMILES string of the molecule is COc1c(-c2ccc(N3C[C@@H](C)O[C@@H](C)C3)nc2)cnc2c(Br)cccc12. The number of halogens is 1. The fraction of sp³-hybridized carbons (Fsp3) is 0.333. The second-order valence-corrected chi connectivity index (χ2v) is 7.76. The zero-order chi connectivity index (χ0) is 19.0. The molecular weight excluding hydrogens is 406 g/mol. The van der Waals surface area contributed by atoms with Crippen LogP contribution >= 0.6 is 15.9 Å². The molecule has 0 bridgehead atoms. The molecule has 1 aromatic carbocycles. The Kier molecular flexibility index (Phi) is 5.02. The molecule has 0 unspecified atom stereocenters. The quantitative estimate of drug-likeness (QED) is 0.606. The summed E-state index contributed by atoms with van der Waals surface area (Å²) in [6, 6.07) is 10.1. The van der Waals surface area contributed by atoms with E-state index in [-0.39, 0.29) is 12.2 Å². The third-order valence-electron chi connectivity index (χ3n) is 4.81. The Balaban J connectivity index is 1.70. The third kappa shape index (κ3) is 3.51. The van der Waals surface area contributed by atoms with Crippen molar-refractivity contribution in [1.82, 2.24) is 9.97 Å². The fourth-order valence-corrected chi connectivity index (χ4v) is 4.15. The zero-order valence-electron chi connectivity index (χ0n) is 15.6. The maximum Gasteiger partial charge on any atom is 0.137 e. The molecule has 4 rings (SSSR count). The second-order valence-electron chi connectivity index (χ2n) is 6.91. The van der Waals surface area contributed by atoms with Gasteiger partial charge in [-0.1, -0.05) is 6.07 Å². The lowest BCUT2D eigenvalue weighted by atomic mass is 10.1. The van der Waals surface area contributed by atoms with Gasteiger partial charge in [-0.3, -0.25) is 4.98 Å². The van der Waals surface area contributed by atoms with Gasteiger partial charge >= 0.3 is 0 Å². The standard InChI is InChI=1S/C21H22BrN3O2/c1-13-11-25(12-14(2)27-13)19-8-7-15(9-23-19)17-10-24-20-16(21(17)26-3)5-4-6-18(20)22/h4-10,13-14H,11-12H2,1-3H3/t13-,14+. The van der Waals surface area contributed by atoms with E-state index in [1.807, 2.05) is 30.6 Å². The number of aromatic nitrogens is 2. The van der Waals surface area contributed by atoms with Crippen molar-refractivity contribution in [1.29, 1.82) is 0 Å². The first-order valence-electron chi connectivity index (χ1n) is 9.05. The number of para-hydroxylation sites is 1. The minimum atomic E-state index is 0.207. The molecule has 5 nitrogen and oxygen atoms in total. The van der Waals surface area contributed by atoms with Crippen LogP contribution in [-0.2, 0) is 4.74 Å². The van der Waals surface area contributed by atoms with Crippen LogP contribution in [-0.4, -0.2) is 42.4 Å². The number of hydrogen-bond donors (Lipinski definition) is 0. The van der Waals surface area contributed by atoms with Crippen molar-refractivity contribution in [2.24, 2.45) is 0 Å². The van der Waals surface area contributed by atoms with Crippen molar-refractivity contribution >= 4 is 32.7 Å². The maximum absolute atomic E-state index is 5.81. The predicted octanol–water partition coefficient (Wildman–Crippen LogP) is 4.68. The van der Waals surface area contributed by atoms with E-state index in [9.17, 15) is 0 Å². The summed E-state index contributed by atoms with van der Waals surface area (Å²) in [5, 5.41) is 0.976. The number of benzene rings is 1. The number of morpholine rings is 1. The van der Waals surface area contributed by atoms with Crippen LogP contribution in [0.2, 0.25) is 0 Å². The van der Waals surface area contributed by atoms with Gasteiger partial charge in [0, 0.05) is 46.5 Å². The first-order chi connectivity index (χ1) is 13.1. The van der Waals surface area contributed by atoms with E-state index in [2.05, 4.69) is 51.8 Å². The first kappa shape index (κ1) is 18.2. The van der Waals surface area contributed by atoms with Crippen molar-refractivity contribution in [2.45, 2.75) is 26.1 Å². The summed E-state index contributed by atoms with van der Waals surface area (Å²) in [6.07, 6.45) is 4.15. The molecular formula is C21H22BrN3O2. The van der Waals surface area contributed by atoms with E-state index in [4.69, 9.17) is 14.5 Å². The summed E-state index contributed by atoms with van der Waals surface area (Å²) in [4.78, 5) is 11.6. The van der Waals surface area contributed by atoms with Crippen molar-refractivity contribution in [3.05, 3.63) is 47.2 Å². The lowest BCUT2D eigenvalue weighted by molar-refractivity contribution is -0.00545. The Bertz CT molecular complexity index is 952. The summed E-state index contributed by atoms with van der Waals surface area (Å²) in [6.45, 7) is 5.90. The lowest BCUT2D eigenvalue weighted by Crippen LogP contribution is -2.45. The van der Waals surface area contributed by atoms with Gasteiger partial charge in [-0.25, -0.2) is 4.98 Å². The van der Waals surface area contributed by atoms with Gasteiger partial charge in [0.05, 0.1) is 24.8 Å².